The number of carbonyl (C=O) groups excluding carboxylic acids is 4. The lowest BCUT2D eigenvalue weighted by Crippen LogP contribution is -2.58. The van der Waals surface area contributed by atoms with Gasteiger partial charge in [0.1, 0.15) is 18.1 Å². The number of hydrogen-bond acceptors (Lipinski definition) is 7. The number of aliphatic carboxylic acids is 1. The zero-order valence-corrected chi connectivity index (χ0v) is 19.2. The molecule has 12 nitrogen and oxygen atoms in total. The number of carboxylic acid groups (broad SMARTS) is 1. The van der Waals surface area contributed by atoms with Crippen LogP contribution in [0, 0.1) is 5.92 Å². The Bertz CT molecular complexity index is 849. The van der Waals surface area contributed by atoms with Gasteiger partial charge >= 0.3 is 5.97 Å². The molecular formula is C22H33N5O7. The predicted molar refractivity (Wildman–Crippen MR) is 122 cm³/mol. The van der Waals surface area contributed by atoms with Crippen LogP contribution in [-0.2, 0) is 30.4 Å². The lowest BCUT2D eigenvalue weighted by atomic mass is 9.98. The number of nitrogens with one attached hydrogen (secondary N) is 4. The summed E-state index contributed by atoms with van der Waals surface area (Å²) >= 11 is 0. The van der Waals surface area contributed by atoms with Crippen LogP contribution >= 0.6 is 0 Å². The zero-order valence-electron chi connectivity index (χ0n) is 19.2. The van der Waals surface area contributed by atoms with E-state index in [1.807, 2.05) is 0 Å². The highest BCUT2D eigenvalue weighted by atomic mass is 16.4. The van der Waals surface area contributed by atoms with Crippen LogP contribution in [0.5, 0.6) is 0 Å². The van der Waals surface area contributed by atoms with Gasteiger partial charge in [0.05, 0.1) is 19.7 Å². The Morgan fingerprint density at radius 3 is 2.09 bits per heavy atom. The van der Waals surface area contributed by atoms with Gasteiger partial charge in [-0.15, -0.1) is 0 Å². The van der Waals surface area contributed by atoms with Crippen molar-refractivity contribution in [3.05, 3.63) is 35.9 Å². The minimum Gasteiger partial charge on any atom is -0.480 e. The SMILES string of the molecule is CC[C@H](C)[C@H](NC(=O)[C@H](Cc1ccccc1)NC(=O)[C@H](CO)NC(=O)CNC(=O)CN)C(=O)O. The molecule has 0 aliphatic heterocycles. The summed E-state index contributed by atoms with van der Waals surface area (Å²) in [6, 6.07) is 5.01. The van der Waals surface area contributed by atoms with Gasteiger partial charge in [-0.1, -0.05) is 50.6 Å². The molecule has 0 fully saturated rings. The van der Waals surface area contributed by atoms with Crippen molar-refractivity contribution in [3.8, 4) is 0 Å². The van der Waals surface area contributed by atoms with Crippen molar-refractivity contribution < 1.29 is 34.2 Å². The molecule has 0 aliphatic rings. The van der Waals surface area contributed by atoms with Gasteiger partial charge in [0, 0.05) is 6.42 Å². The quantitative estimate of drug-likeness (QED) is 0.157. The van der Waals surface area contributed by atoms with Crippen LogP contribution in [0.3, 0.4) is 0 Å². The van der Waals surface area contributed by atoms with Crippen molar-refractivity contribution in [1.82, 2.24) is 21.3 Å². The molecular weight excluding hydrogens is 446 g/mol. The predicted octanol–water partition coefficient (Wildman–Crippen LogP) is -2.12. The van der Waals surface area contributed by atoms with Crippen LogP contribution in [0.1, 0.15) is 25.8 Å². The van der Waals surface area contributed by atoms with Crippen molar-refractivity contribution in [3.63, 3.8) is 0 Å². The van der Waals surface area contributed by atoms with E-state index in [0.29, 0.717) is 12.0 Å². The normalized spacial score (nSPS) is 14.1. The summed E-state index contributed by atoms with van der Waals surface area (Å²) in [6.07, 6.45) is 0.552. The fourth-order valence-corrected chi connectivity index (χ4v) is 2.96. The largest absolute Gasteiger partial charge is 0.480 e. The van der Waals surface area contributed by atoms with Gasteiger partial charge in [0.25, 0.3) is 0 Å². The van der Waals surface area contributed by atoms with E-state index in [0.717, 1.165) is 0 Å². The van der Waals surface area contributed by atoms with Gasteiger partial charge in [0.2, 0.25) is 23.6 Å². The lowest BCUT2D eigenvalue weighted by Gasteiger charge is -2.26. The highest BCUT2D eigenvalue weighted by Gasteiger charge is 2.31. The Hall–Kier alpha value is -3.51. The smallest absolute Gasteiger partial charge is 0.326 e. The monoisotopic (exact) mass is 479 g/mol. The Balaban J connectivity index is 2.97. The second kappa shape index (κ2) is 14.6. The summed E-state index contributed by atoms with van der Waals surface area (Å²) in [5.41, 5.74) is 5.84. The Morgan fingerprint density at radius 2 is 1.56 bits per heavy atom. The number of carbonyl (C=O) groups is 5. The molecule has 0 saturated heterocycles. The summed E-state index contributed by atoms with van der Waals surface area (Å²) in [5.74, 6) is -4.46. The standard InChI is InChI=1S/C22H33N5O7/c1-3-13(2)19(22(33)34)27-20(31)15(9-14-7-5-4-6-8-14)26-21(32)16(12-28)25-18(30)11-24-17(29)10-23/h4-8,13,15-16,19,28H,3,9-12,23H2,1-2H3,(H,24,29)(H,25,30)(H,26,32)(H,27,31)(H,33,34)/t13-,15-,16-,19-/m0/s1. The fourth-order valence-electron chi connectivity index (χ4n) is 2.96. The van der Waals surface area contributed by atoms with Crippen LogP contribution in [-0.4, -0.2) is 77.6 Å². The van der Waals surface area contributed by atoms with E-state index in [2.05, 4.69) is 21.3 Å². The molecule has 8 N–H and O–H groups in total. The number of hydrogen-bond donors (Lipinski definition) is 7. The lowest BCUT2D eigenvalue weighted by molar-refractivity contribution is -0.143. The molecule has 1 aromatic rings. The first-order valence-corrected chi connectivity index (χ1v) is 10.9. The maximum atomic E-state index is 13.0. The number of aliphatic hydroxyl groups is 1. The maximum Gasteiger partial charge on any atom is 0.326 e. The molecule has 0 aliphatic carbocycles. The molecule has 0 radical (unpaired) electrons. The van der Waals surface area contributed by atoms with Crippen LogP contribution in [0.15, 0.2) is 30.3 Å². The molecule has 4 atom stereocenters. The first kappa shape index (κ1) is 28.5. The van der Waals surface area contributed by atoms with Crippen LogP contribution < -0.4 is 27.0 Å². The van der Waals surface area contributed by atoms with Gasteiger partial charge in [0.15, 0.2) is 0 Å². The topological polar surface area (TPSA) is 200 Å². The molecule has 12 heteroatoms. The average Bonchev–Trinajstić information content (AvgIpc) is 2.83. The van der Waals surface area contributed by atoms with Crippen molar-refractivity contribution >= 4 is 29.6 Å². The molecule has 0 bridgehead atoms. The van der Waals surface area contributed by atoms with Gasteiger partial charge in [-0.25, -0.2) is 4.79 Å². The second-order valence-corrected chi connectivity index (χ2v) is 7.74. The van der Waals surface area contributed by atoms with Gasteiger partial charge in [-0.05, 0) is 11.5 Å². The molecule has 0 aromatic heterocycles. The molecule has 34 heavy (non-hydrogen) atoms. The van der Waals surface area contributed by atoms with Crippen LogP contribution in [0.2, 0.25) is 0 Å². The van der Waals surface area contributed by atoms with Crippen molar-refractivity contribution in [2.45, 2.75) is 44.8 Å². The van der Waals surface area contributed by atoms with Gasteiger partial charge in [-0.3, -0.25) is 19.2 Å². The number of aliphatic hydroxyl groups excluding tert-OH is 1. The van der Waals surface area contributed by atoms with E-state index >= 15 is 0 Å². The summed E-state index contributed by atoms with van der Waals surface area (Å²) in [5, 5.41) is 28.5. The van der Waals surface area contributed by atoms with Crippen LogP contribution in [0.4, 0.5) is 0 Å². The van der Waals surface area contributed by atoms with E-state index in [-0.39, 0.29) is 18.9 Å². The molecule has 1 aromatic carbocycles. The molecule has 4 amide bonds. The first-order valence-electron chi connectivity index (χ1n) is 10.9. The average molecular weight is 480 g/mol. The molecule has 0 unspecified atom stereocenters. The van der Waals surface area contributed by atoms with Crippen molar-refractivity contribution in [2.24, 2.45) is 11.7 Å². The molecule has 188 valence electrons. The van der Waals surface area contributed by atoms with E-state index < -0.39 is 60.9 Å². The molecule has 0 saturated carbocycles. The maximum absolute atomic E-state index is 13.0. The highest BCUT2D eigenvalue weighted by Crippen LogP contribution is 2.10. The highest BCUT2D eigenvalue weighted by molar-refractivity contribution is 5.94. The summed E-state index contributed by atoms with van der Waals surface area (Å²) < 4.78 is 0. The second-order valence-electron chi connectivity index (χ2n) is 7.74. The minimum absolute atomic E-state index is 0.0455. The molecule has 0 heterocycles. The third kappa shape index (κ3) is 9.55. The first-order chi connectivity index (χ1) is 16.1. The third-order valence-electron chi connectivity index (χ3n) is 5.16. The number of nitrogens with two attached hydrogens (primary N) is 1. The Morgan fingerprint density at radius 1 is 0.941 bits per heavy atom. The summed E-state index contributed by atoms with van der Waals surface area (Å²) in [4.78, 5) is 60.5. The molecule has 1 rings (SSSR count). The minimum atomic E-state index is -1.40. The number of amides is 4. The number of benzene rings is 1. The van der Waals surface area contributed by atoms with Crippen molar-refractivity contribution in [2.75, 3.05) is 19.7 Å². The third-order valence-corrected chi connectivity index (χ3v) is 5.16. The van der Waals surface area contributed by atoms with Crippen LogP contribution in [0.25, 0.3) is 0 Å². The zero-order chi connectivity index (χ0) is 25.7. The number of rotatable bonds is 14. The van der Waals surface area contributed by atoms with Gasteiger partial charge in [-0.2, -0.15) is 0 Å². The van der Waals surface area contributed by atoms with E-state index in [1.165, 1.54) is 0 Å². The summed E-state index contributed by atoms with van der Waals surface area (Å²) in [6.45, 7) is 1.93. The Labute approximate surface area is 197 Å². The number of carboxylic acids is 1. The van der Waals surface area contributed by atoms with Crippen molar-refractivity contribution in [1.29, 1.82) is 0 Å². The van der Waals surface area contributed by atoms with Gasteiger partial charge < -0.3 is 37.2 Å². The van der Waals surface area contributed by atoms with E-state index in [4.69, 9.17) is 5.73 Å². The van der Waals surface area contributed by atoms with E-state index in [9.17, 15) is 34.2 Å². The molecule has 0 spiro atoms. The fraction of sp³-hybridized carbons (Fsp3) is 0.500. The summed E-state index contributed by atoms with van der Waals surface area (Å²) in [7, 11) is 0. The van der Waals surface area contributed by atoms with E-state index in [1.54, 1.807) is 44.2 Å². The Kier molecular flexibility index (Phi) is 12.2.